The molecular formula is C11H14BrFN2O. The normalized spacial score (nSPS) is 12.2. The van der Waals surface area contributed by atoms with Gasteiger partial charge in [-0.3, -0.25) is 4.79 Å². The second-order valence-electron chi connectivity index (χ2n) is 3.45. The van der Waals surface area contributed by atoms with E-state index in [4.69, 9.17) is 5.73 Å². The van der Waals surface area contributed by atoms with Gasteiger partial charge in [0.15, 0.2) is 0 Å². The molecule has 3 N–H and O–H groups in total. The minimum atomic E-state index is -0.351. The third kappa shape index (κ3) is 3.28. The van der Waals surface area contributed by atoms with Gasteiger partial charge in [-0.1, -0.05) is 6.92 Å². The van der Waals surface area contributed by atoms with Crippen LogP contribution < -0.4 is 11.1 Å². The van der Waals surface area contributed by atoms with Gasteiger partial charge in [-0.05, 0) is 40.5 Å². The van der Waals surface area contributed by atoms with Gasteiger partial charge in [0, 0.05) is 11.0 Å². The number of amides is 1. The lowest BCUT2D eigenvalue weighted by molar-refractivity contribution is -0.119. The molecular weight excluding hydrogens is 275 g/mol. The summed E-state index contributed by atoms with van der Waals surface area (Å²) in [6.07, 6.45) is 0.682. The van der Waals surface area contributed by atoms with Crippen LogP contribution in [0.25, 0.3) is 0 Å². The Morgan fingerprint density at radius 1 is 1.62 bits per heavy atom. The summed E-state index contributed by atoms with van der Waals surface area (Å²) < 4.78 is 13.3. The summed E-state index contributed by atoms with van der Waals surface area (Å²) in [4.78, 5) is 11.7. The number of rotatable bonds is 4. The van der Waals surface area contributed by atoms with Crippen molar-refractivity contribution in [2.24, 2.45) is 11.7 Å². The summed E-state index contributed by atoms with van der Waals surface area (Å²) >= 11 is 3.18. The molecule has 0 aliphatic heterocycles. The summed E-state index contributed by atoms with van der Waals surface area (Å²) in [5.41, 5.74) is 6.02. The van der Waals surface area contributed by atoms with Gasteiger partial charge < -0.3 is 11.1 Å². The van der Waals surface area contributed by atoms with E-state index < -0.39 is 0 Å². The van der Waals surface area contributed by atoms with E-state index in [0.717, 1.165) is 0 Å². The van der Waals surface area contributed by atoms with Crippen LogP contribution in [0, 0.1) is 11.7 Å². The molecule has 0 aliphatic rings. The second kappa shape index (κ2) is 5.96. The average molecular weight is 289 g/mol. The molecule has 16 heavy (non-hydrogen) atoms. The summed E-state index contributed by atoms with van der Waals surface area (Å²) in [5.74, 6) is -0.704. The van der Waals surface area contributed by atoms with E-state index in [1.165, 1.54) is 18.2 Å². The molecule has 0 radical (unpaired) electrons. The van der Waals surface area contributed by atoms with E-state index >= 15 is 0 Å². The van der Waals surface area contributed by atoms with Crippen molar-refractivity contribution in [3.63, 3.8) is 0 Å². The number of benzene rings is 1. The lowest BCUT2D eigenvalue weighted by atomic mass is 10.1. The Morgan fingerprint density at radius 3 is 2.81 bits per heavy atom. The number of halogens is 2. The molecule has 0 heterocycles. The summed E-state index contributed by atoms with van der Waals surface area (Å²) in [6.45, 7) is 2.21. The van der Waals surface area contributed by atoms with Crippen molar-refractivity contribution in [3.8, 4) is 0 Å². The van der Waals surface area contributed by atoms with E-state index in [9.17, 15) is 9.18 Å². The van der Waals surface area contributed by atoms with Crippen LogP contribution in [-0.2, 0) is 4.79 Å². The topological polar surface area (TPSA) is 55.1 Å². The third-order valence-electron chi connectivity index (χ3n) is 2.34. The molecule has 5 heteroatoms. The Morgan fingerprint density at radius 2 is 2.31 bits per heavy atom. The van der Waals surface area contributed by atoms with Crippen LogP contribution in [0.3, 0.4) is 0 Å². The zero-order valence-corrected chi connectivity index (χ0v) is 10.6. The van der Waals surface area contributed by atoms with Crippen molar-refractivity contribution in [2.75, 3.05) is 11.9 Å². The highest BCUT2D eigenvalue weighted by Gasteiger charge is 2.15. The quantitative estimate of drug-likeness (QED) is 0.894. The van der Waals surface area contributed by atoms with Crippen molar-refractivity contribution in [1.29, 1.82) is 0 Å². The number of carbonyl (C=O) groups is 1. The van der Waals surface area contributed by atoms with E-state index in [-0.39, 0.29) is 17.6 Å². The highest BCUT2D eigenvalue weighted by atomic mass is 79.9. The zero-order chi connectivity index (χ0) is 12.1. The number of nitrogens with one attached hydrogen (secondary N) is 1. The van der Waals surface area contributed by atoms with Crippen LogP contribution in [0.1, 0.15) is 13.3 Å². The summed E-state index contributed by atoms with van der Waals surface area (Å²) in [5, 5.41) is 2.71. The van der Waals surface area contributed by atoms with Gasteiger partial charge in [-0.15, -0.1) is 0 Å². The first-order chi connectivity index (χ1) is 7.58. The largest absolute Gasteiger partial charge is 0.330 e. The van der Waals surface area contributed by atoms with Gasteiger partial charge in [0.2, 0.25) is 5.91 Å². The van der Waals surface area contributed by atoms with Crippen LogP contribution >= 0.6 is 15.9 Å². The molecule has 1 aromatic carbocycles. The van der Waals surface area contributed by atoms with E-state index in [2.05, 4.69) is 21.2 Å². The van der Waals surface area contributed by atoms with Crippen molar-refractivity contribution in [2.45, 2.75) is 13.3 Å². The van der Waals surface area contributed by atoms with Crippen LogP contribution in [0.2, 0.25) is 0 Å². The van der Waals surface area contributed by atoms with Crippen LogP contribution in [0.15, 0.2) is 22.7 Å². The SMILES string of the molecule is CCC(CN)C(=O)Nc1ccc(F)cc1Br. The Balaban J connectivity index is 2.76. The van der Waals surface area contributed by atoms with E-state index in [1.807, 2.05) is 6.92 Å². The van der Waals surface area contributed by atoms with E-state index in [0.29, 0.717) is 23.1 Å². The monoisotopic (exact) mass is 288 g/mol. The molecule has 1 amide bonds. The van der Waals surface area contributed by atoms with Gasteiger partial charge in [0.25, 0.3) is 0 Å². The highest BCUT2D eigenvalue weighted by molar-refractivity contribution is 9.10. The standard InChI is InChI=1S/C11H14BrFN2O/c1-2-7(6-14)11(16)15-10-4-3-8(13)5-9(10)12/h3-5,7H,2,6,14H2,1H3,(H,15,16). The molecule has 3 nitrogen and oxygen atoms in total. The van der Waals surface area contributed by atoms with Crippen molar-refractivity contribution in [1.82, 2.24) is 0 Å². The van der Waals surface area contributed by atoms with Crippen LogP contribution in [0.5, 0.6) is 0 Å². The molecule has 0 fully saturated rings. The predicted octanol–water partition coefficient (Wildman–Crippen LogP) is 2.51. The Bertz CT molecular complexity index is 380. The van der Waals surface area contributed by atoms with Crippen LogP contribution in [0.4, 0.5) is 10.1 Å². The number of hydrogen-bond acceptors (Lipinski definition) is 2. The Hall–Kier alpha value is -0.940. The number of carbonyl (C=O) groups excluding carboxylic acids is 1. The molecule has 88 valence electrons. The number of nitrogens with two attached hydrogens (primary N) is 1. The van der Waals surface area contributed by atoms with Crippen molar-refractivity contribution in [3.05, 3.63) is 28.5 Å². The summed E-state index contributed by atoms with van der Waals surface area (Å²) in [6, 6.07) is 4.11. The molecule has 0 saturated carbocycles. The van der Waals surface area contributed by atoms with Gasteiger partial charge in [0.05, 0.1) is 11.6 Å². The first kappa shape index (κ1) is 13.1. The number of anilines is 1. The molecule has 0 saturated heterocycles. The molecule has 1 aromatic rings. The highest BCUT2D eigenvalue weighted by Crippen LogP contribution is 2.23. The van der Waals surface area contributed by atoms with Gasteiger partial charge in [-0.2, -0.15) is 0 Å². The van der Waals surface area contributed by atoms with Gasteiger partial charge in [0.1, 0.15) is 5.82 Å². The minimum absolute atomic E-state index is 0.141. The van der Waals surface area contributed by atoms with Crippen molar-refractivity contribution < 1.29 is 9.18 Å². The van der Waals surface area contributed by atoms with Crippen LogP contribution in [-0.4, -0.2) is 12.5 Å². The summed E-state index contributed by atoms with van der Waals surface area (Å²) in [7, 11) is 0. The molecule has 0 aliphatic carbocycles. The smallest absolute Gasteiger partial charge is 0.228 e. The maximum atomic E-state index is 12.8. The molecule has 1 unspecified atom stereocenters. The molecule has 1 atom stereocenters. The lowest BCUT2D eigenvalue weighted by Gasteiger charge is -2.13. The fourth-order valence-electron chi connectivity index (χ4n) is 1.28. The molecule has 0 bridgehead atoms. The lowest BCUT2D eigenvalue weighted by Crippen LogP contribution is -2.28. The molecule has 1 rings (SSSR count). The first-order valence-electron chi connectivity index (χ1n) is 5.04. The molecule has 0 aromatic heterocycles. The number of hydrogen-bond donors (Lipinski definition) is 2. The maximum absolute atomic E-state index is 12.8. The minimum Gasteiger partial charge on any atom is -0.330 e. The third-order valence-corrected chi connectivity index (χ3v) is 2.99. The maximum Gasteiger partial charge on any atom is 0.228 e. The fraction of sp³-hybridized carbons (Fsp3) is 0.364. The molecule has 0 spiro atoms. The average Bonchev–Trinajstić information content (AvgIpc) is 2.24. The first-order valence-corrected chi connectivity index (χ1v) is 5.83. The van der Waals surface area contributed by atoms with Gasteiger partial charge >= 0.3 is 0 Å². The van der Waals surface area contributed by atoms with E-state index in [1.54, 1.807) is 0 Å². The Kier molecular flexibility index (Phi) is 4.89. The van der Waals surface area contributed by atoms with Crippen molar-refractivity contribution >= 4 is 27.5 Å². The zero-order valence-electron chi connectivity index (χ0n) is 8.97. The second-order valence-corrected chi connectivity index (χ2v) is 4.31. The predicted molar refractivity (Wildman–Crippen MR) is 65.6 cm³/mol. The Labute approximate surface area is 102 Å². The van der Waals surface area contributed by atoms with Gasteiger partial charge in [-0.25, -0.2) is 4.39 Å². The fourth-order valence-corrected chi connectivity index (χ4v) is 1.73.